The average molecular weight is 500 g/mol. The van der Waals surface area contributed by atoms with Crippen LogP contribution in [0.15, 0.2) is 0 Å². The molecule has 32 heavy (non-hydrogen) atoms. The molecule has 0 aromatic carbocycles. The van der Waals surface area contributed by atoms with Crippen molar-refractivity contribution >= 4 is 35.2 Å². The molecule has 2 heterocycles. The highest BCUT2D eigenvalue weighted by Gasteiger charge is 2.46. The summed E-state index contributed by atoms with van der Waals surface area (Å²) in [6, 6.07) is -1.70. The molecule has 9 unspecified atom stereocenters. The maximum absolute atomic E-state index is 13.2. The highest BCUT2D eigenvalue weighted by Crippen LogP contribution is 2.27. The van der Waals surface area contributed by atoms with Crippen molar-refractivity contribution < 1.29 is 39.9 Å². The first-order valence-corrected chi connectivity index (χ1v) is 12.2. The van der Waals surface area contributed by atoms with E-state index in [0.717, 1.165) is 11.8 Å². The Morgan fingerprint density at radius 1 is 1.34 bits per heavy atom. The van der Waals surface area contributed by atoms with Gasteiger partial charge in [-0.1, -0.05) is 0 Å². The highest BCUT2D eigenvalue weighted by molar-refractivity contribution is 7.99. The Kier molecular flexibility index (Phi) is 10.9. The summed E-state index contributed by atoms with van der Waals surface area (Å²) >= 11 is 7.25. The van der Waals surface area contributed by atoms with Gasteiger partial charge in [0.25, 0.3) is 0 Å². The lowest BCUT2D eigenvalue weighted by Gasteiger charge is -2.37. The first kappa shape index (κ1) is 27.5. The minimum absolute atomic E-state index is 0.0952. The topological polar surface area (TPSA) is 172 Å². The Labute approximate surface area is 196 Å². The van der Waals surface area contributed by atoms with Crippen LogP contribution in [0, 0.1) is 11.8 Å². The molecule has 9 atom stereocenters. The number of rotatable bonds is 11. The molecule has 2 rings (SSSR count). The van der Waals surface area contributed by atoms with Crippen LogP contribution in [0.5, 0.6) is 0 Å². The van der Waals surface area contributed by atoms with Crippen molar-refractivity contribution in [3.63, 3.8) is 0 Å². The van der Waals surface area contributed by atoms with E-state index < -0.39 is 65.6 Å². The molecule has 0 bridgehead atoms. The Morgan fingerprint density at radius 3 is 2.59 bits per heavy atom. The molecule has 0 aromatic rings. The number of nitrogens with zero attached hydrogens (tertiary/aromatic N) is 1. The monoisotopic (exact) mass is 499 g/mol. The number of thioether (sulfide) groups is 1. The van der Waals surface area contributed by atoms with E-state index in [1.54, 1.807) is 18.1 Å². The van der Waals surface area contributed by atoms with Crippen molar-refractivity contribution in [3.8, 4) is 0 Å². The number of aliphatic carboxylic acids is 1. The minimum atomic E-state index is -1.46. The average Bonchev–Trinajstić information content (AvgIpc) is 3.03. The molecule has 186 valence electrons. The third-order valence-corrected chi connectivity index (χ3v) is 7.06. The van der Waals surface area contributed by atoms with Gasteiger partial charge in [0, 0.05) is 31.5 Å². The van der Waals surface area contributed by atoms with Crippen LogP contribution in [0.4, 0.5) is 0 Å². The number of ether oxygens (including phenoxy) is 1. The third-order valence-electron chi connectivity index (χ3n) is 6.02. The summed E-state index contributed by atoms with van der Waals surface area (Å²) in [6.45, 7) is 2.43. The number of nitrogens with one attached hydrogen (secondary N) is 2. The molecule has 0 saturated carbocycles. The molecule has 1 amide bonds. The fourth-order valence-corrected chi connectivity index (χ4v) is 5.09. The number of aliphatic hydroxyl groups excluding tert-OH is 4. The molecule has 0 aliphatic carbocycles. The van der Waals surface area contributed by atoms with Gasteiger partial charge in [-0.05, 0) is 13.2 Å². The number of carbonyl (C=O) groups is 2. The van der Waals surface area contributed by atoms with Gasteiger partial charge in [0.05, 0.1) is 49.5 Å². The first-order valence-electron chi connectivity index (χ1n) is 10.5. The minimum Gasteiger partial charge on any atom is -0.480 e. The summed E-state index contributed by atoms with van der Waals surface area (Å²) in [5.74, 6) is -2.61. The predicted molar refractivity (Wildman–Crippen MR) is 118 cm³/mol. The SMILES string of the molecule is CSC(O)C(O)C(C(O)CO)C(NC(=O)C1NCC2CN(CC(=O)O)CCOC21)C(C)Cl. The number of fused-ring (bicyclic) bond motifs is 1. The van der Waals surface area contributed by atoms with Gasteiger partial charge in [0.15, 0.2) is 0 Å². The molecule has 2 fully saturated rings. The van der Waals surface area contributed by atoms with E-state index >= 15 is 0 Å². The Balaban J connectivity index is 2.14. The second kappa shape index (κ2) is 12.7. The van der Waals surface area contributed by atoms with Crippen LogP contribution >= 0.6 is 23.4 Å². The molecule has 13 heteroatoms. The molecule has 2 aliphatic rings. The standard InChI is InChI=1S/C19H34ClN3O8S/c1-9(20)14(13(11(25)8-24)16(28)19(30)32-2)22-18(29)15-17-10(5-21-15)6-23(3-4-31-17)7-12(26)27/h9-11,13-17,19,21,24-25,28,30H,3-8H2,1-2H3,(H,22,29)(H,26,27). The number of carbonyl (C=O) groups excluding carboxylic acids is 1. The van der Waals surface area contributed by atoms with E-state index in [1.165, 1.54) is 0 Å². The molecule has 0 radical (unpaired) electrons. The zero-order valence-electron chi connectivity index (χ0n) is 18.1. The Morgan fingerprint density at radius 2 is 2.03 bits per heavy atom. The van der Waals surface area contributed by atoms with Crippen LogP contribution < -0.4 is 10.6 Å². The fraction of sp³-hybridized carbons (Fsp3) is 0.895. The summed E-state index contributed by atoms with van der Waals surface area (Å²) in [5.41, 5.74) is -1.25. The lowest BCUT2D eigenvalue weighted by atomic mass is 9.86. The molecule has 2 saturated heterocycles. The van der Waals surface area contributed by atoms with Gasteiger partial charge in [-0.3, -0.25) is 14.5 Å². The summed E-state index contributed by atoms with van der Waals surface area (Å²) in [4.78, 5) is 26.0. The number of carboxylic acids is 1. The van der Waals surface area contributed by atoms with Crippen LogP contribution in [0.2, 0.25) is 0 Å². The molecular weight excluding hydrogens is 466 g/mol. The number of carboxylic acid groups (broad SMARTS) is 1. The van der Waals surface area contributed by atoms with Gasteiger partial charge in [0.2, 0.25) is 5.91 Å². The number of hydrogen-bond donors (Lipinski definition) is 7. The van der Waals surface area contributed by atoms with Crippen molar-refractivity contribution in [1.29, 1.82) is 0 Å². The molecule has 0 aromatic heterocycles. The lowest BCUT2D eigenvalue weighted by Crippen LogP contribution is -2.59. The van der Waals surface area contributed by atoms with Gasteiger partial charge in [-0.2, -0.15) is 0 Å². The van der Waals surface area contributed by atoms with Crippen molar-refractivity contribution in [2.45, 2.75) is 48.1 Å². The number of hydrogen-bond acceptors (Lipinski definition) is 10. The fourth-order valence-electron chi connectivity index (χ4n) is 4.40. The van der Waals surface area contributed by atoms with E-state index in [0.29, 0.717) is 19.6 Å². The smallest absolute Gasteiger partial charge is 0.317 e. The number of aliphatic hydroxyl groups is 4. The third kappa shape index (κ3) is 6.90. The van der Waals surface area contributed by atoms with Crippen LogP contribution in [0.3, 0.4) is 0 Å². The number of halogens is 1. The second-order valence-electron chi connectivity index (χ2n) is 8.27. The quantitative estimate of drug-likeness (QED) is 0.118. The van der Waals surface area contributed by atoms with E-state index in [2.05, 4.69) is 10.6 Å². The largest absolute Gasteiger partial charge is 0.480 e. The second-order valence-corrected chi connectivity index (χ2v) is 9.91. The van der Waals surface area contributed by atoms with Crippen LogP contribution in [-0.2, 0) is 14.3 Å². The van der Waals surface area contributed by atoms with Crippen molar-refractivity contribution in [2.75, 3.05) is 45.6 Å². The van der Waals surface area contributed by atoms with E-state index in [9.17, 15) is 30.0 Å². The predicted octanol–water partition coefficient (Wildman–Crippen LogP) is -2.52. The summed E-state index contributed by atoms with van der Waals surface area (Å²) in [5, 5.41) is 54.6. The van der Waals surface area contributed by atoms with Gasteiger partial charge in [0.1, 0.15) is 11.5 Å². The van der Waals surface area contributed by atoms with E-state index in [4.69, 9.17) is 21.4 Å². The Bertz CT molecular complexity index is 633. The van der Waals surface area contributed by atoms with Gasteiger partial charge in [-0.25, -0.2) is 0 Å². The van der Waals surface area contributed by atoms with Crippen LogP contribution in [0.25, 0.3) is 0 Å². The zero-order chi connectivity index (χ0) is 24.0. The van der Waals surface area contributed by atoms with Crippen molar-refractivity contribution in [1.82, 2.24) is 15.5 Å². The highest BCUT2D eigenvalue weighted by atomic mass is 35.5. The lowest BCUT2D eigenvalue weighted by molar-refractivity contribution is -0.138. The molecule has 11 nitrogen and oxygen atoms in total. The summed E-state index contributed by atoms with van der Waals surface area (Å²) in [6.07, 6.45) is -1.79. The maximum atomic E-state index is 13.2. The zero-order valence-corrected chi connectivity index (χ0v) is 19.7. The van der Waals surface area contributed by atoms with Crippen LogP contribution in [0.1, 0.15) is 6.92 Å². The molecular formula is C19H34ClN3O8S. The van der Waals surface area contributed by atoms with Gasteiger partial charge in [-0.15, -0.1) is 23.4 Å². The van der Waals surface area contributed by atoms with E-state index in [1.807, 2.05) is 0 Å². The molecule has 0 spiro atoms. The van der Waals surface area contributed by atoms with Crippen molar-refractivity contribution in [2.24, 2.45) is 11.8 Å². The normalized spacial score (nSPS) is 29.8. The maximum Gasteiger partial charge on any atom is 0.317 e. The summed E-state index contributed by atoms with van der Waals surface area (Å²) < 4.78 is 5.87. The molecule has 7 N–H and O–H groups in total. The Hall–Kier alpha value is -0.700. The van der Waals surface area contributed by atoms with Gasteiger partial charge >= 0.3 is 5.97 Å². The van der Waals surface area contributed by atoms with Crippen LogP contribution in [-0.4, -0.2) is 129 Å². The van der Waals surface area contributed by atoms with Crippen molar-refractivity contribution in [3.05, 3.63) is 0 Å². The number of amides is 1. The number of alkyl halides is 1. The first-order chi connectivity index (χ1) is 15.1. The molecule has 2 aliphatic heterocycles. The van der Waals surface area contributed by atoms with Gasteiger partial charge < -0.3 is 40.9 Å². The summed E-state index contributed by atoms with van der Waals surface area (Å²) in [7, 11) is 0. The van der Waals surface area contributed by atoms with E-state index in [-0.39, 0.29) is 19.1 Å².